The van der Waals surface area contributed by atoms with Crippen LogP contribution in [0.15, 0.2) is 18.2 Å². The predicted molar refractivity (Wildman–Crippen MR) is 84.0 cm³/mol. The summed E-state index contributed by atoms with van der Waals surface area (Å²) in [6, 6.07) is 8.74. The molecule has 0 unspecified atom stereocenters. The third-order valence-corrected chi connectivity index (χ3v) is 5.25. The van der Waals surface area contributed by atoms with Crippen molar-refractivity contribution in [2.75, 3.05) is 6.79 Å². The van der Waals surface area contributed by atoms with E-state index >= 15 is 0 Å². The molecule has 1 aromatic rings. The van der Waals surface area contributed by atoms with Gasteiger partial charge in [-0.25, -0.2) is 0 Å². The van der Waals surface area contributed by atoms with Crippen LogP contribution in [0.25, 0.3) is 0 Å². The van der Waals surface area contributed by atoms with Gasteiger partial charge in [-0.3, -0.25) is 0 Å². The number of para-hydroxylation sites is 1. The lowest BCUT2D eigenvalue weighted by molar-refractivity contribution is 0.0139. The fourth-order valence-corrected chi connectivity index (χ4v) is 4.18. The minimum absolute atomic E-state index is 0.120. The molecule has 1 N–H and O–H groups in total. The lowest BCUT2D eigenvalue weighted by Gasteiger charge is -2.33. The van der Waals surface area contributed by atoms with Gasteiger partial charge < -0.3 is 19.5 Å². The first-order chi connectivity index (χ1) is 11.3. The Morgan fingerprint density at radius 3 is 3.13 bits per heavy atom. The second-order valence-corrected chi connectivity index (χ2v) is 6.63. The molecule has 1 saturated heterocycles. The molecule has 0 bridgehead atoms. The second-order valence-electron chi connectivity index (χ2n) is 6.63. The second kappa shape index (κ2) is 6.38. The van der Waals surface area contributed by atoms with E-state index in [1.165, 1.54) is 12.8 Å². The summed E-state index contributed by atoms with van der Waals surface area (Å²) in [7, 11) is 0. The number of fused-ring (bicyclic) bond motifs is 2. The summed E-state index contributed by atoms with van der Waals surface area (Å²) in [6.45, 7) is 1.09. The highest BCUT2D eigenvalue weighted by Crippen LogP contribution is 2.39. The van der Waals surface area contributed by atoms with Crippen molar-refractivity contribution in [3.8, 4) is 17.6 Å². The summed E-state index contributed by atoms with van der Waals surface area (Å²) in [6.07, 6.45) is 5.44. The number of benzene rings is 1. The molecule has 5 heteroatoms. The van der Waals surface area contributed by atoms with Gasteiger partial charge in [0, 0.05) is 24.1 Å². The Bertz CT molecular complexity index is 613. The molecule has 1 aliphatic carbocycles. The zero-order valence-electron chi connectivity index (χ0n) is 13.2. The van der Waals surface area contributed by atoms with Crippen molar-refractivity contribution in [2.24, 2.45) is 5.92 Å². The van der Waals surface area contributed by atoms with E-state index in [2.05, 4.69) is 17.5 Å². The Hall–Kier alpha value is -1.77. The molecule has 122 valence electrons. The molecule has 4 atom stereocenters. The van der Waals surface area contributed by atoms with E-state index in [1.54, 1.807) is 0 Å². The summed E-state index contributed by atoms with van der Waals surface area (Å²) in [5, 5.41) is 12.6. The highest BCUT2D eigenvalue weighted by molar-refractivity contribution is 5.48. The van der Waals surface area contributed by atoms with Gasteiger partial charge in [-0.2, -0.15) is 5.26 Å². The van der Waals surface area contributed by atoms with Crippen molar-refractivity contribution in [3.63, 3.8) is 0 Å². The van der Waals surface area contributed by atoms with E-state index in [9.17, 15) is 0 Å². The molecule has 1 saturated carbocycles. The molecule has 5 nitrogen and oxygen atoms in total. The molecule has 3 aliphatic rings. The van der Waals surface area contributed by atoms with Crippen molar-refractivity contribution in [1.82, 2.24) is 5.32 Å². The standard InChI is InChI=1S/C18H22N2O3/c19-8-7-13-9-14-15(4-2-5-16(14)23-13)20-10-12-3-1-6-17-18(12)22-11-21-17/h1,3,6,13-16,20H,2,4-5,7,9-11H2/t13-,14-,15+,16+/m1/s1. The van der Waals surface area contributed by atoms with Crippen LogP contribution in [0.2, 0.25) is 0 Å². The number of nitriles is 1. The summed E-state index contributed by atoms with van der Waals surface area (Å²) < 4.78 is 17.1. The number of nitrogens with zero attached hydrogens (tertiary/aromatic N) is 1. The molecule has 4 rings (SSSR count). The molecule has 2 fully saturated rings. The van der Waals surface area contributed by atoms with E-state index < -0.39 is 0 Å². The van der Waals surface area contributed by atoms with Crippen LogP contribution >= 0.6 is 0 Å². The van der Waals surface area contributed by atoms with Crippen molar-refractivity contribution in [2.45, 2.75) is 56.9 Å². The molecular weight excluding hydrogens is 292 g/mol. The first kappa shape index (κ1) is 14.8. The van der Waals surface area contributed by atoms with Crippen LogP contribution in [-0.4, -0.2) is 25.0 Å². The molecule has 2 aliphatic heterocycles. The van der Waals surface area contributed by atoms with Crippen molar-refractivity contribution >= 4 is 0 Å². The van der Waals surface area contributed by atoms with E-state index in [1.807, 2.05) is 12.1 Å². The highest BCUT2D eigenvalue weighted by Gasteiger charge is 2.41. The number of rotatable bonds is 4. The Balaban J connectivity index is 1.41. The molecule has 1 aromatic carbocycles. The molecule has 23 heavy (non-hydrogen) atoms. The first-order valence-electron chi connectivity index (χ1n) is 8.48. The van der Waals surface area contributed by atoms with Gasteiger partial charge in [0.15, 0.2) is 11.5 Å². The van der Waals surface area contributed by atoms with E-state index in [0.717, 1.165) is 36.4 Å². The van der Waals surface area contributed by atoms with E-state index in [4.69, 9.17) is 19.5 Å². The minimum Gasteiger partial charge on any atom is -0.454 e. The maximum atomic E-state index is 8.90. The molecule has 0 radical (unpaired) electrons. The van der Waals surface area contributed by atoms with Crippen LogP contribution in [0.4, 0.5) is 0 Å². The van der Waals surface area contributed by atoms with E-state index in [-0.39, 0.29) is 6.10 Å². The van der Waals surface area contributed by atoms with Crippen LogP contribution in [-0.2, 0) is 11.3 Å². The fraction of sp³-hybridized carbons (Fsp3) is 0.611. The summed E-state index contributed by atoms with van der Waals surface area (Å²) in [4.78, 5) is 0. The van der Waals surface area contributed by atoms with Crippen molar-refractivity contribution in [3.05, 3.63) is 23.8 Å². The Labute approximate surface area is 136 Å². The van der Waals surface area contributed by atoms with Crippen molar-refractivity contribution < 1.29 is 14.2 Å². The summed E-state index contributed by atoms with van der Waals surface area (Å²) in [5.41, 5.74) is 1.15. The molecule has 0 amide bonds. The quantitative estimate of drug-likeness (QED) is 0.926. The zero-order chi connectivity index (χ0) is 15.6. The number of hydrogen-bond donors (Lipinski definition) is 1. The molecule has 0 aromatic heterocycles. The number of nitrogens with one attached hydrogen (secondary N) is 1. The SMILES string of the molecule is N#CC[C@@H]1C[C@@H]2[C@@H](NCc3cccc4c3OCO4)CCC[C@@H]2O1. The monoisotopic (exact) mass is 314 g/mol. The third-order valence-electron chi connectivity index (χ3n) is 5.25. The van der Waals surface area contributed by atoms with Crippen LogP contribution in [0.5, 0.6) is 11.5 Å². The van der Waals surface area contributed by atoms with Crippen LogP contribution in [0.1, 0.15) is 37.7 Å². The summed E-state index contributed by atoms with van der Waals surface area (Å²) in [5.74, 6) is 2.23. The largest absolute Gasteiger partial charge is 0.454 e. The summed E-state index contributed by atoms with van der Waals surface area (Å²) >= 11 is 0. The Kier molecular flexibility index (Phi) is 4.11. The Morgan fingerprint density at radius 1 is 1.26 bits per heavy atom. The minimum atomic E-state index is 0.120. The van der Waals surface area contributed by atoms with Gasteiger partial charge in [0.25, 0.3) is 0 Å². The van der Waals surface area contributed by atoms with Crippen molar-refractivity contribution in [1.29, 1.82) is 5.26 Å². The smallest absolute Gasteiger partial charge is 0.231 e. The lowest BCUT2D eigenvalue weighted by Crippen LogP contribution is -2.42. The first-order valence-corrected chi connectivity index (χ1v) is 8.48. The molecular formula is C18H22N2O3. The van der Waals surface area contributed by atoms with Gasteiger partial charge in [0.2, 0.25) is 6.79 Å². The topological polar surface area (TPSA) is 63.5 Å². The van der Waals surface area contributed by atoms with Gasteiger partial charge in [-0.15, -0.1) is 0 Å². The predicted octanol–water partition coefficient (Wildman–Crippen LogP) is 2.74. The Morgan fingerprint density at radius 2 is 2.22 bits per heavy atom. The average molecular weight is 314 g/mol. The number of ether oxygens (including phenoxy) is 3. The molecule has 0 spiro atoms. The normalized spacial score (nSPS) is 31.6. The van der Waals surface area contributed by atoms with Gasteiger partial charge in [-0.1, -0.05) is 12.1 Å². The van der Waals surface area contributed by atoms with Crippen LogP contribution in [0.3, 0.4) is 0 Å². The van der Waals surface area contributed by atoms with E-state index in [0.29, 0.717) is 31.3 Å². The number of hydrogen-bond acceptors (Lipinski definition) is 5. The van der Waals surface area contributed by atoms with Gasteiger partial charge in [0.1, 0.15) is 0 Å². The van der Waals surface area contributed by atoms with Gasteiger partial charge in [0.05, 0.1) is 24.7 Å². The highest BCUT2D eigenvalue weighted by atomic mass is 16.7. The maximum Gasteiger partial charge on any atom is 0.231 e. The average Bonchev–Trinajstić information content (AvgIpc) is 3.19. The zero-order valence-corrected chi connectivity index (χ0v) is 13.2. The maximum absolute atomic E-state index is 8.90. The van der Waals surface area contributed by atoms with Crippen LogP contribution < -0.4 is 14.8 Å². The molecule has 2 heterocycles. The van der Waals surface area contributed by atoms with Gasteiger partial charge >= 0.3 is 0 Å². The van der Waals surface area contributed by atoms with Gasteiger partial charge in [-0.05, 0) is 31.7 Å². The fourth-order valence-electron chi connectivity index (χ4n) is 4.18. The lowest BCUT2D eigenvalue weighted by atomic mass is 9.81. The van der Waals surface area contributed by atoms with Crippen LogP contribution in [0, 0.1) is 17.2 Å². The third kappa shape index (κ3) is 2.89.